The molecule has 1 aliphatic rings. The molecule has 0 amide bonds. The van der Waals surface area contributed by atoms with Crippen molar-refractivity contribution in [1.82, 2.24) is 10.2 Å². The van der Waals surface area contributed by atoms with E-state index in [0.29, 0.717) is 0 Å². The second-order valence-corrected chi connectivity index (χ2v) is 5.24. The SMILES string of the molecule is COc1ccc(OC)c(C(C)(CO)N2CCNCC2)c1. The maximum Gasteiger partial charge on any atom is 0.124 e. The zero-order chi connectivity index (χ0) is 14.6. The van der Waals surface area contributed by atoms with Crippen LogP contribution in [0, 0.1) is 0 Å². The minimum absolute atomic E-state index is 0.0382. The summed E-state index contributed by atoms with van der Waals surface area (Å²) in [6.45, 7) is 5.75. The third-order valence-electron chi connectivity index (χ3n) is 4.11. The largest absolute Gasteiger partial charge is 0.497 e. The Hall–Kier alpha value is -1.30. The van der Waals surface area contributed by atoms with Crippen LogP contribution < -0.4 is 14.8 Å². The number of nitrogens with one attached hydrogen (secondary N) is 1. The standard InChI is InChI=1S/C15H24N2O3/c1-15(11-18,17-8-6-16-7-9-17)13-10-12(19-2)4-5-14(13)20-3/h4-5,10,16,18H,6-9,11H2,1-3H3. The number of nitrogens with zero attached hydrogens (tertiary/aromatic N) is 1. The average Bonchev–Trinajstić information content (AvgIpc) is 2.54. The molecule has 20 heavy (non-hydrogen) atoms. The first-order valence-electron chi connectivity index (χ1n) is 6.95. The van der Waals surface area contributed by atoms with Crippen LogP contribution in [0.25, 0.3) is 0 Å². The lowest BCUT2D eigenvalue weighted by Gasteiger charge is -2.43. The van der Waals surface area contributed by atoms with Crippen molar-refractivity contribution in [3.8, 4) is 11.5 Å². The van der Waals surface area contributed by atoms with Crippen molar-refractivity contribution in [1.29, 1.82) is 0 Å². The Morgan fingerprint density at radius 2 is 1.95 bits per heavy atom. The third-order valence-corrected chi connectivity index (χ3v) is 4.11. The van der Waals surface area contributed by atoms with Crippen LogP contribution in [0.3, 0.4) is 0 Å². The molecule has 112 valence electrons. The van der Waals surface area contributed by atoms with E-state index in [1.165, 1.54) is 0 Å². The van der Waals surface area contributed by atoms with Gasteiger partial charge < -0.3 is 19.9 Å². The molecule has 0 aliphatic carbocycles. The summed E-state index contributed by atoms with van der Waals surface area (Å²) in [7, 11) is 3.30. The predicted molar refractivity (Wildman–Crippen MR) is 78.4 cm³/mol. The summed E-state index contributed by atoms with van der Waals surface area (Å²) in [6.07, 6.45) is 0. The Labute approximate surface area is 120 Å². The predicted octanol–water partition coefficient (Wildman–Crippen LogP) is 0.816. The molecule has 1 aliphatic heterocycles. The number of aliphatic hydroxyl groups is 1. The third kappa shape index (κ3) is 2.75. The molecule has 1 heterocycles. The summed E-state index contributed by atoms with van der Waals surface area (Å²) in [5.74, 6) is 1.55. The molecule has 1 aromatic carbocycles. The Morgan fingerprint density at radius 3 is 2.50 bits per heavy atom. The van der Waals surface area contributed by atoms with Crippen LogP contribution in [0.2, 0.25) is 0 Å². The minimum Gasteiger partial charge on any atom is -0.497 e. The first kappa shape index (κ1) is 15.1. The van der Waals surface area contributed by atoms with Crippen LogP contribution >= 0.6 is 0 Å². The number of hydrogen-bond acceptors (Lipinski definition) is 5. The Bertz CT molecular complexity index is 447. The van der Waals surface area contributed by atoms with Crippen molar-refractivity contribution >= 4 is 0 Å². The topological polar surface area (TPSA) is 54.0 Å². The minimum atomic E-state index is -0.470. The van der Waals surface area contributed by atoms with E-state index in [1.54, 1.807) is 14.2 Å². The van der Waals surface area contributed by atoms with Gasteiger partial charge in [0.15, 0.2) is 0 Å². The van der Waals surface area contributed by atoms with E-state index in [2.05, 4.69) is 17.1 Å². The Kier molecular flexibility index (Phi) is 4.86. The van der Waals surface area contributed by atoms with Gasteiger partial charge in [-0.25, -0.2) is 0 Å². The molecule has 0 spiro atoms. The fourth-order valence-electron chi connectivity index (χ4n) is 2.75. The Morgan fingerprint density at radius 1 is 1.25 bits per heavy atom. The van der Waals surface area contributed by atoms with Gasteiger partial charge in [-0.1, -0.05) is 0 Å². The van der Waals surface area contributed by atoms with Gasteiger partial charge in [-0.3, -0.25) is 4.90 Å². The highest BCUT2D eigenvalue weighted by atomic mass is 16.5. The van der Waals surface area contributed by atoms with E-state index < -0.39 is 5.54 Å². The quantitative estimate of drug-likeness (QED) is 0.836. The van der Waals surface area contributed by atoms with E-state index in [-0.39, 0.29) is 6.61 Å². The van der Waals surface area contributed by atoms with Gasteiger partial charge in [0.1, 0.15) is 11.5 Å². The van der Waals surface area contributed by atoms with Crippen molar-refractivity contribution in [2.75, 3.05) is 47.0 Å². The molecule has 5 heteroatoms. The van der Waals surface area contributed by atoms with Gasteiger partial charge in [-0.05, 0) is 25.1 Å². The first-order valence-corrected chi connectivity index (χ1v) is 6.95. The van der Waals surface area contributed by atoms with Crippen molar-refractivity contribution in [2.24, 2.45) is 0 Å². The number of piperazine rings is 1. The Balaban J connectivity index is 2.42. The molecule has 2 rings (SSSR count). The lowest BCUT2D eigenvalue weighted by molar-refractivity contribution is 0.0293. The van der Waals surface area contributed by atoms with Gasteiger partial charge in [-0.15, -0.1) is 0 Å². The van der Waals surface area contributed by atoms with Crippen molar-refractivity contribution < 1.29 is 14.6 Å². The number of aliphatic hydroxyl groups excluding tert-OH is 1. The summed E-state index contributed by atoms with van der Waals surface area (Å²) in [4.78, 5) is 2.29. The lowest BCUT2D eigenvalue weighted by atomic mass is 9.89. The van der Waals surface area contributed by atoms with Crippen LogP contribution in [0.4, 0.5) is 0 Å². The number of rotatable bonds is 5. The fourth-order valence-corrected chi connectivity index (χ4v) is 2.75. The molecule has 5 nitrogen and oxygen atoms in total. The van der Waals surface area contributed by atoms with Gasteiger partial charge in [0.05, 0.1) is 26.4 Å². The molecule has 1 aromatic rings. The molecular weight excluding hydrogens is 256 g/mol. The van der Waals surface area contributed by atoms with Crippen molar-refractivity contribution in [3.63, 3.8) is 0 Å². The molecule has 0 aromatic heterocycles. The number of hydrogen-bond donors (Lipinski definition) is 2. The van der Waals surface area contributed by atoms with Crippen LogP contribution in [0.15, 0.2) is 18.2 Å². The van der Waals surface area contributed by atoms with E-state index in [0.717, 1.165) is 43.2 Å². The molecule has 2 N–H and O–H groups in total. The second kappa shape index (κ2) is 6.43. The molecule has 1 saturated heterocycles. The molecule has 0 bridgehead atoms. The highest BCUT2D eigenvalue weighted by molar-refractivity contribution is 5.44. The smallest absolute Gasteiger partial charge is 0.124 e. The fraction of sp³-hybridized carbons (Fsp3) is 0.600. The summed E-state index contributed by atoms with van der Waals surface area (Å²) < 4.78 is 10.8. The first-order chi connectivity index (χ1) is 9.65. The van der Waals surface area contributed by atoms with Crippen LogP contribution in [-0.4, -0.2) is 57.0 Å². The second-order valence-electron chi connectivity index (χ2n) is 5.24. The van der Waals surface area contributed by atoms with E-state index >= 15 is 0 Å². The van der Waals surface area contributed by atoms with Crippen LogP contribution in [0.1, 0.15) is 12.5 Å². The zero-order valence-corrected chi connectivity index (χ0v) is 12.5. The number of methoxy groups -OCH3 is 2. The van der Waals surface area contributed by atoms with Gasteiger partial charge in [0, 0.05) is 31.7 Å². The molecule has 1 fully saturated rings. The summed E-state index contributed by atoms with van der Waals surface area (Å²) in [5, 5.41) is 13.4. The molecular formula is C15H24N2O3. The normalized spacial score (nSPS) is 19.4. The van der Waals surface area contributed by atoms with Crippen molar-refractivity contribution in [3.05, 3.63) is 23.8 Å². The van der Waals surface area contributed by atoms with E-state index in [9.17, 15) is 5.11 Å². The number of ether oxygens (including phenoxy) is 2. The van der Waals surface area contributed by atoms with E-state index in [1.807, 2.05) is 18.2 Å². The summed E-state index contributed by atoms with van der Waals surface area (Å²) in [5.41, 5.74) is 0.492. The average molecular weight is 280 g/mol. The van der Waals surface area contributed by atoms with Gasteiger partial charge in [-0.2, -0.15) is 0 Å². The monoisotopic (exact) mass is 280 g/mol. The van der Waals surface area contributed by atoms with E-state index in [4.69, 9.17) is 9.47 Å². The maximum atomic E-state index is 10.0. The molecule has 1 unspecified atom stereocenters. The van der Waals surface area contributed by atoms with Crippen LogP contribution in [-0.2, 0) is 5.54 Å². The van der Waals surface area contributed by atoms with Crippen LogP contribution in [0.5, 0.6) is 11.5 Å². The summed E-state index contributed by atoms with van der Waals surface area (Å²) in [6, 6.07) is 5.72. The number of benzene rings is 1. The highest BCUT2D eigenvalue weighted by Crippen LogP contribution is 2.37. The zero-order valence-electron chi connectivity index (χ0n) is 12.5. The molecule has 1 atom stereocenters. The van der Waals surface area contributed by atoms with Crippen molar-refractivity contribution in [2.45, 2.75) is 12.5 Å². The maximum absolute atomic E-state index is 10.0. The van der Waals surface area contributed by atoms with Gasteiger partial charge in [0.2, 0.25) is 0 Å². The molecule has 0 radical (unpaired) electrons. The highest BCUT2D eigenvalue weighted by Gasteiger charge is 2.36. The summed E-state index contributed by atoms with van der Waals surface area (Å²) >= 11 is 0. The molecule has 0 saturated carbocycles. The van der Waals surface area contributed by atoms with Gasteiger partial charge in [0.25, 0.3) is 0 Å². The lowest BCUT2D eigenvalue weighted by Crippen LogP contribution is -2.54. The van der Waals surface area contributed by atoms with Gasteiger partial charge >= 0.3 is 0 Å².